The van der Waals surface area contributed by atoms with Crippen LogP contribution in [0.5, 0.6) is 0 Å². The average molecular weight is 1360 g/mol. The summed E-state index contributed by atoms with van der Waals surface area (Å²) in [5.41, 5.74) is 23.5. The maximum absolute atomic E-state index is 3.83. The van der Waals surface area contributed by atoms with Crippen LogP contribution in [0.4, 0.5) is 0 Å². The summed E-state index contributed by atoms with van der Waals surface area (Å²) in [6, 6.07) is 0. The normalized spacial score (nSPS) is 11.8. The predicted molar refractivity (Wildman–Crippen MR) is 470 cm³/mol. The summed E-state index contributed by atoms with van der Waals surface area (Å²) in [5, 5.41) is 0. The minimum Gasteiger partial charge on any atom is -0.103 e. The largest absolute Gasteiger partial charge is 0.103 e. The SMILES string of the molecule is C=CCC(CC)CC/C=C(/C)CCC=C(C)C.C=CCC/C=C(\CC)CCC=C(C)C.C=CCC=C(C)CCC=C(C)C.C=CCCC=C(C)CC(C)=C(C)C.C=CCCC=C(C)CC=C(C)C.C=CCCC=C(C)CCC=C(C)C.C=CCCC=C(C)CCC=C(C)CCC=C(C)C. The van der Waals surface area contributed by atoms with E-state index in [0.717, 1.165) is 89.4 Å². The molecule has 0 heteroatoms. The fraction of sp³-hybridized carbons (Fsp3) is 0.556. The molecule has 0 nitrogen and oxygen atoms in total. The topological polar surface area (TPSA) is 0 Å². The van der Waals surface area contributed by atoms with Crippen LogP contribution >= 0.6 is 0 Å². The van der Waals surface area contributed by atoms with E-state index in [1.54, 1.807) is 5.57 Å². The van der Waals surface area contributed by atoms with E-state index in [1.807, 2.05) is 36.5 Å². The van der Waals surface area contributed by atoms with Crippen LogP contribution in [0, 0.1) is 5.92 Å². The lowest BCUT2D eigenvalue weighted by atomic mass is 9.96. The van der Waals surface area contributed by atoms with Gasteiger partial charge in [0.25, 0.3) is 0 Å². The highest BCUT2D eigenvalue weighted by molar-refractivity contribution is 5.17. The maximum Gasteiger partial charge on any atom is -0.0112 e. The first-order chi connectivity index (χ1) is 46.9. The fourth-order valence-electron chi connectivity index (χ4n) is 9.27. The van der Waals surface area contributed by atoms with Crippen LogP contribution in [0.2, 0.25) is 0 Å². The van der Waals surface area contributed by atoms with E-state index in [2.05, 4.69) is 303 Å². The molecule has 0 N–H and O–H groups in total. The van der Waals surface area contributed by atoms with Gasteiger partial charge in [-0.3, -0.25) is 0 Å². The molecule has 0 radical (unpaired) electrons. The number of unbranched alkanes of at least 4 members (excludes halogenated alkanes) is 5. The molecule has 564 valence electrons. The van der Waals surface area contributed by atoms with Gasteiger partial charge >= 0.3 is 0 Å². The molecular formula is C99H168. The highest BCUT2D eigenvalue weighted by Gasteiger charge is 2.03. The van der Waals surface area contributed by atoms with Crippen LogP contribution in [0.3, 0.4) is 0 Å². The van der Waals surface area contributed by atoms with Crippen LogP contribution in [-0.2, 0) is 0 Å². The lowest BCUT2D eigenvalue weighted by Crippen LogP contribution is -1.96. The second-order valence-corrected chi connectivity index (χ2v) is 28.9. The quantitative estimate of drug-likeness (QED) is 0.0421. The molecule has 0 aromatic rings. The third-order valence-electron chi connectivity index (χ3n) is 16.1. The molecule has 1 atom stereocenters. The second kappa shape index (κ2) is 82.9. The van der Waals surface area contributed by atoms with Crippen molar-refractivity contribution in [1.29, 1.82) is 0 Å². The molecule has 0 spiro atoms. The van der Waals surface area contributed by atoms with Crippen molar-refractivity contribution in [3.05, 3.63) is 263 Å². The van der Waals surface area contributed by atoms with Gasteiger partial charge in [0.15, 0.2) is 0 Å². The zero-order chi connectivity index (χ0) is 76.9. The third-order valence-corrected chi connectivity index (χ3v) is 16.1. The summed E-state index contributed by atoms with van der Waals surface area (Å²) >= 11 is 0. The molecule has 0 bridgehead atoms. The van der Waals surface area contributed by atoms with Crippen LogP contribution in [-0.4, -0.2) is 0 Å². The Hall–Kier alpha value is -5.72. The van der Waals surface area contributed by atoms with Gasteiger partial charge < -0.3 is 0 Å². The van der Waals surface area contributed by atoms with Gasteiger partial charge in [0.1, 0.15) is 0 Å². The van der Waals surface area contributed by atoms with Crippen LogP contribution < -0.4 is 0 Å². The minimum atomic E-state index is 0.828. The second-order valence-electron chi connectivity index (χ2n) is 28.9. The molecule has 0 aliphatic heterocycles. The molecule has 0 aliphatic rings. The fourth-order valence-corrected chi connectivity index (χ4v) is 9.27. The van der Waals surface area contributed by atoms with E-state index in [9.17, 15) is 0 Å². The third kappa shape index (κ3) is 103. The highest BCUT2D eigenvalue weighted by atomic mass is 14.1. The Labute approximate surface area is 623 Å². The molecule has 99 heavy (non-hydrogen) atoms. The van der Waals surface area contributed by atoms with Crippen molar-refractivity contribution in [2.24, 2.45) is 5.92 Å². The van der Waals surface area contributed by atoms with E-state index in [4.69, 9.17) is 0 Å². The summed E-state index contributed by atoms with van der Waals surface area (Å²) in [7, 11) is 0. The average Bonchev–Trinajstić information content (AvgIpc) is 2.14. The lowest BCUT2D eigenvalue weighted by Gasteiger charge is -2.10. The summed E-state index contributed by atoms with van der Waals surface area (Å²) < 4.78 is 0. The van der Waals surface area contributed by atoms with E-state index in [1.165, 1.54) is 193 Å². The van der Waals surface area contributed by atoms with Gasteiger partial charge in [-0.15, -0.1) is 46.1 Å². The molecule has 0 aromatic heterocycles. The Morgan fingerprint density at radius 1 is 0.263 bits per heavy atom. The first-order valence-corrected chi connectivity index (χ1v) is 38.9. The molecule has 0 amide bonds. The van der Waals surface area contributed by atoms with Gasteiger partial charge in [-0.1, -0.05) is 237 Å². The van der Waals surface area contributed by atoms with Gasteiger partial charge in [-0.25, -0.2) is 0 Å². The van der Waals surface area contributed by atoms with Gasteiger partial charge in [-0.05, 0) is 344 Å². The van der Waals surface area contributed by atoms with E-state index < -0.39 is 0 Å². The molecule has 0 saturated heterocycles. The number of hydrogen-bond acceptors (Lipinski definition) is 0. The monoisotopic (exact) mass is 1360 g/mol. The molecule has 0 rings (SSSR count). The van der Waals surface area contributed by atoms with Crippen molar-refractivity contribution in [1.82, 2.24) is 0 Å². The van der Waals surface area contributed by atoms with Crippen molar-refractivity contribution in [2.45, 2.75) is 359 Å². The van der Waals surface area contributed by atoms with Crippen LogP contribution in [0.15, 0.2) is 263 Å². The number of rotatable bonds is 46. The first-order valence-electron chi connectivity index (χ1n) is 38.9. The zero-order valence-electron chi connectivity index (χ0n) is 70.9. The van der Waals surface area contributed by atoms with Gasteiger partial charge in [-0.2, -0.15) is 0 Å². The molecule has 0 saturated carbocycles. The van der Waals surface area contributed by atoms with E-state index in [0.29, 0.717) is 0 Å². The first kappa shape index (κ1) is 107. The van der Waals surface area contributed by atoms with Crippen molar-refractivity contribution < 1.29 is 0 Å². The molecule has 0 aromatic carbocycles. The Balaban J connectivity index is -0.000000201. The summed E-state index contributed by atoms with van der Waals surface area (Å²) in [6.45, 7) is 78.5. The van der Waals surface area contributed by atoms with Crippen molar-refractivity contribution in [2.75, 3.05) is 0 Å². The molecule has 0 fully saturated rings. The minimum absolute atomic E-state index is 0.828. The molecular weight excluding hydrogens is 1190 g/mol. The summed E-state index contributed by atoms with van der Waals surface area (Å²) in [6.07, 6.45) is 81.2. The van der Waals surface area contributed by atoms with Crippen molar-refractivity contribution in [3.63, 3.8) is 0 Å². The van der Waals surface area contributed by atoms with Gasteiger partial charge in [0.05, 0.1) is 0 Å². The van der Waals surface area contributed by atoms with Crippen molar-refractivity contribution in [3.8, 4) is 0 Å². The van der Waals surface area contributed by atoms with Gasteiger partial charge in [0, 0.05) is 0 Å². The Morgan fingerprint density at radius 2 is 0.556 bits per heavy atom. The van der Waals surface area contributed by atoms with E-state index in [-0.39, 0.29) is 0 Å². The predicted octanol–water partition coefficient (Wildman–Crippen LogP) is 35.3. The number of allylic oxidation sites excluding steroid dienone is 37. The molecule has 0 aliphatic carbocycles. The van der Waals surface area contributed by atoms with Gasteiger partial charge in [0.2, 0.25) is 0 Å². The summed E-state index contributed by atoms with van der Waals surface area (Å²) in [5.74, 6) is 0.828. The van der Waals surface area contributed by atoms with E-state index >= 15 is 0 Å². The van der Waals surface area contributed by atoms with Crippen molar-refractivity contribution >= 4 is 0 Å². The lowest BCUT2D eigenvalue weighted by molar-refractivity contribution is 0.480. The number of hydrogen-bond donors (Lipinski definition) is 0. The van der Waals surface area contributed by atoms with Crippen LogP contribution in [0.1, 0.15) is 359 Å². The zero-order valence-corrected chi connectivity index (χ0v) is 70.9. The standard InChI is InChI=1S/C18H30.C17H30.C14H24.2C13H22.2C12H20/c1-6-7-8-12-17(4)14-10-15-18(5)13-9-11-16(2)3;1-6-10-17(7-2)14-9-13-16(5)12-8-11-15(3)4;1-5-7-8-11-14(6-2)12-9-10-13(3)4;1-6-7-8-9-12(4)10-13(5)11(2)3;1-5-6-7-10-13(4)11-8-9-12(2)3;1-5-6-9-12(4)10-7-8-11(2)3;1-5-6-7-8-12(4)10-9-11(2)3/h6,11-12,15H,1,7-10,13-14H2,2-5H3;6,11,13,17H,1,7-10,12,14H2,2-5H3;5,10-11H,1,6-9,12H2,2-4H3;6,9H,1,7-8,10H2,2-5H3;5,9-10H,1,6-8,11H2,2-4H3;2*5,8-9H,1,6-7,10H2,2-4H3/b;16-13-;14-11+;;;;. The Bertz CT molecular complexity index is 2510. The maximum atomic E-state index is 3.83. The molecule has 0 heterocycles. The molecule has 1 unspecified atom stereocenters. The Morgan fingerprint density at radius 3 is 0.859 bits per heavy atom. The Kier molecular flexibility index (Phi) is 89.4. The highest BCUT2D eigenvalue weighted by Crippen LogP contribution is 2.20. The smallest absolute Gasteiger partial charge is 0.0112 e. The summed E-state index contributed by atoms with van der Waals surface area (Å²) in [4.78, 5) is 0. The van der Waals surface area contributed by atoms with Crippen LogP contribution in [0.25, 0.3) is 0 Å².